The molecule has 0 aliphatic rings. The monoisotopic (exact) mass is 369 g/mol. The number of rotatable bonds is 10. The fourth-order valence-electron chi connectivity index (χ4n) is 2.82. The van der Waals surface area contributed by atoms with Crippen LogP contribution in [0.25, 0.3) is 0 Å². The smallest absolute Gasteiger partial charge is 0.253 e. The van der Waals surface area contributed by atoms with E-state index in [1.165, 1.54) is 0 Å². The van der Waals surface area contributed by atoms with Crippen LogP contribution >= 0.6 is 0 Å². The van der Waals surface area contributed by atoms with Crippen molar-refractivity contribution in [2.24, 2.45) is 0 Å². The van der Waals surface area contributed by atoms with Gasteiger partial charge >= 0.3 is 0 Å². The average Bonchev–Trinajstić information content (AvgIpc) is 2.68. The average molecular weight is 370 g/mol. The van der Waals surface area contributed by atoms with E-state index in [2.05, 4.69) is 17.4 Å². The third kappa shape index (κ3) is 6.10. The molecule has 1 amide bonds. The van der Waals surface area contributed by atoms with E-state index in [1.54, 1.807) is 0 Å². The second-order valence-corrected chi connectivity index (χ2v) is 6.80. The lowest BCUT2D eigenvalue weighted by Gasteiger charge is -2.21. The molecule has 27 heavy (non-hydrogen) atoms. The molecule has 2 aromatic rings. The minimum atomic E-state index is -0.616. The zero-order valence-electron chi connectivity index (χ0n) is 16.9. The minimum Gasteiger partial charge on any atom is -0.489 e. The molecular formula is C23H31NO3. The Hall–Kier alpha value is -2.33. The van der Waals surface area contributed by atoms with Gasteiger partial charge in [0.05, 0.1) is 0 Å². The maximum absolute atomic E-state index is 12.7. The van der Waals surface area contributed by atoms with E-state index in [0.717, 1.165) is 40.8 Å². The summed E-state index contributed by atoms with van der Waals surface area (Å²) in [5.74, 6) is 0.774. The Kier molecular flexibility index (Phi) is 8.34. The molecule has 1 unspecified atom stereocenters. The first-order valence-electron chi connectivity index (χ1n) is 9.74. The molecule has 0 spiro atoms. The lowest BCUT2D eigenvalue weighted by Crippen LogP contribution is -2.32. The van der Waals surface area contributed by atoms with Crippen molar-refractivity contribution >= 4 is 5.91 Å². The summed E-state index contributed by atoms with van der Waals surface area (Å²) in [7, 11) is 0. The zero-order chi connectivity index (χ0) is 19.6. The quantitative estimate of drug-likeness (QED) is 0.649. The number of hydrogen-bond donors (Lipinski definition) is 1. The lowest BCUT2D eigenvalue weighted by atomic mass is 10.0. The van der Waals surface area contributed by atoms with Crippen LogP contribution in [0.1, 0.15) is 55.0 Å². The van der Waals surface area contributed by atoms with Crippen molar-refractivity contribution < 1.29 is 14.3 Å². The molecule has 0 bridgehead atoms. The van der Waals surface area contributed by atoms with Crippen LogP contribution in [0.2, 0.25) is 0 Å². The number of ether oxygens (including phenoxy) is 2. The standard InChI is InChI=1S/C23H31NO3/c1-5-13-24-23(25)22(26-14-6-2)20-10-8-7-9-19(20)16-27-21-15-17(3)11-12-18(21)4/h7-12,15,22H,5-6,13-14,16H2,1-4H3,(H,24,25). The van der Waals surface area contributed by atoms with Crippen LogP contribution in [0.4, 0.5) is 0 Å². The number of amides is 1. The van der Waals surface area contributed by atoms with Crippen molar-refractivity contribution in [3.63, 3.8) is 0 Å². The molecule has 4 nitrogen and oxygen atoms in total. The SMILES string of the molecule is CCCNC(=O)C(OCCC)c1ccccc1COc1cc(C)ccc1C. The Balaban J connectivity index is 2.22. The third-order valence-electron chi connectivity index (χ3n) is 4.34. The van der Waals surface area contributed by atoms with E-state index in [1.807, 2.05) is 58.0 Å². The fourth-order valence-corrected chi connectivity index (χ4v) is 2.82. The highest BCUT2D eigenvalue weighted by Gasteiger charge is 2.23. The summed E-state index contributed by atoms with van der Waals surface area (Å²) in [6, 6.07) is 14.0. The molecule has 146 valence electrons. The second-order valence-electron chi connectivity index (χ2n) is 6.80. The number of aryl methyl sites for hydroxylation is 2. The van der Waals surface area contributed by atoms with Crippen molar-refractivity contribution in [1.29, 1.82) is 0 Å². The molecule has 0 aliphatic heterocycles. The fraction of sp³-hybridized carbons (Fsp3) is 0.435. The molecule has 0 fully saturated rings. The van der Waals surface area contributed by atoms with Gasteiger partial charge in [0.15, 0.2) is 6.10 Å². The number of carbonyl (C=O) groups excluding carboxylic acids is 1. The Morgan fingerprint density at radius 2 is 1.85 bits per heavy atom. The van der Waals surface area contributed by atoms with E-state index in [-0.39, 0.29) is 5.91 Å². The van der Waals surface area contributed by atoms with Crippen molar-refractivity contribution in [2.75, 3.05) is 13.2 Å². The van der Waals surface area contributed by atoms with Crippen molar-refractivity contribution in [1.82, 2.24) is 5.32 Å². The molecule has 4 heteroatoms. The highest BCUT2D eigenvalue weighted by Crippen LogP contribution is 2.25. The molecule has 2 aromatic carbocycles. The van der Waals surface area contributed by atoms with Gasteiger partial charge in [-0.1, -0.05) is 50.2 Å². The van der Waals surface area contributed by atoms with E-state index in [0.29, 0.717) is 19.8 Å². The summed E-state index contributed by atoms with van der Waals surface area (Å²) in [4.78, 5) is 12.7. The summed E-state index contributed by atoms with van der Waals surface area (Å²) < 4.78 is 12.0. The number of nitrogens with one attached hydrogen (secondary N) is 1. The van der Waals surface area contributed by atoms with Gasteiger partial charge in [0.25, 0.3) is 5.91 Å². The van der Waals surface area contributed by atoms with Gasteiger partial charge in [0.1, 0.15) is 12.4 Å². The van der Waals surface area contributed by atoms with Gasteiger partial charge in [-0.15, -0.1) is 0 Å². The van der Waals surface area contributed by atoms with Gasteiger partial charge in [0, 0.05) is 13.2 Å². The molecule has 0 saturated heterocycles. The maximum Gasteiger partial charge on any atom is 0.253 e. The minimum absolute atomic E-state index is 0.0931. The van der Waals surface area contributed by atoms with Crippen LogP contribution in [-0.4, -0.2) is 19.1 Å². The van der Waals surface area contributed by atoms with Crippen LogP contribution in [0.15, 0.2) is 42.5 Å². The van der Waals surface area contributed by atoms with E-state index >= 15 is 0 Å². The van der Waals surface area contributed by atoms with Gasteiger partial charge in [-0.25, -0.2) is 0 Å². The largest absolute Gasteiger partial charge is 0.489 e. The number of hydrogen-bond acceptors (Lipinski definition) is 3. The van der Waals surface area contributed by atoms with Crippen molar-refractivity contribution in [3.05, 3.63) is 64.7 Å². The highest BCUT2D eigenvalue weighted by atomic mass is 16.5. The molecule has 0 heterocycles. The second kappa shape index (κ2) is 10.7. The Labute approximate surface area is 162 Å². The predicted molar refractivity (Wildman–Crippen MR) is 109 cm³/mol. The van der Waals surface area contributed by atoms with E-state index in [9.17, 15) is 4.79 Å². The first kappa shape index (κ1) is 21.0. The highest BCUT2D eigenvalue weighted by molar-refractivity contribution is 5.82. The predicted octanol–water partition coefficient (Wildman–Crippen LogP) is 4.88. The normalized spacial score (nSPS) is 11.9. The maximum atomic E-state index is 12.7. The van der Waals surface area contributed by atoms with Gasteiger partial charge < -0.3 is 14.8 Å². The Morgan fingerprint density at radius 3 is 2.59 bits per heavy atom. The number of benzene rings is 2. The zero-order valence-corrected chi connectivity index (χ0v) is 16.9. The topological polar surface area (TPSA) is 47.6 Å². The van der Waals surface area contributed by atoms with Crippen LogP contribution in [0.5, 0.6) is 5.75 Å². The molecule has 0 radical (unpaired) electrons. The summed E-state index contributed by atoms with van der Waals surface area (Å²) >= 11 is 0. The Bertz CT molecular complexity index is 742. The van der Waals surface area contributed by atoms with Crippen molar-refractivity contribution in [3.8, 4) is 5.75 Å². The first-order chi connectivity index (χ1) is 13.1. The van der Waals surface area contributed by atoms with Crippen LogP contribution in [0.3, 0.4) is 0 Å². The third-order valence-corrected chi connectivity index (χ3v) is 4.34. The Morgan fingerprint density at radius 1 is 1.07 bits per heavy atom. The molecular weight excluding hydrogens is 338 g/mol. The first-order valence-corrected chi connectivity index (χ1v) is 9.74. The van der Waals surface area contributed by atoms with Gasteiger partial charge in [-0.3, -0.25) is 4.79 Å². The molecule has 0 aliphatic carbocycles. The van der Waals surface area contributed by atoms with Crippen molar-refractivity contribution in [2.45, 2.75) is 53.2 Å². The summed E-state index contributed by atoms with van der Waals surface area (Å²) in [5.41, 5.74) is 4.08. The van der Waals surface area contributed by atoms with Crippen LogP contribution in [0, 0.1) is 13.8 Å². The van der Waals surface area contributed by atoms with Crippen LogP contribution in [-0.2, 0) is 16.1 Å². The summed E-state index contributed by atoms with van der Waals surface area (Å²) in [5, 5.41) is 2.95. The number of carbonyl (C=O) groups is 1. The van der Waals surface area contributed by atoms with Gasteiger partial charge in [-0.05, 0) is 55.0 Å². The molecule has 0 saturated carbocycles. The van der Waals surface area contributed by atoms with Gasteiger partial charge in [0.2, 0.25) is 0 Å². The summed E-state index contributed by atoms with van der Waals surface area (Å²) in [6.07, 6.45) is 1.14. The molecule has 2 rings (SSSR count). The van der Waals surface area contributed by atoms with E-state index in [4.69, 9.17) is 9.47 Å². The molecule has 0 aromatic heterocycles. The molecule has 1 atom stereocenters. The van der Waals surface area contributed by atoms with E-state index < -0.39 is 6.10 Å². The molecule has 1 N–H and O–H groups in total. The summed E-state index contributed by atoms with van der Waals surface area (Å²) in [6.45, 7) is 9.74. The van der Waals surface area contributed by atoms with Gasteiger partial charge in [-0.2, -0.15) is 0 Å². The van der Waals surface area contributed by atoms with Crippen LogP contribution < -0.4 is 10.1 Å². The lowest BCUT2D eigenvalue weighted by molar-refractivity contribution is -0.133.